The summed E-state index contributed by atoms with van der Waals surface area (Å²) in [6, 6.07) is 5.22. The van der Waals surface area contributed by atoms with Gasteiger partial charge in [-0.25, -0.2) is 8.78 Å². The van der Waals surface area contributed by atoms with E-state index in [4.69, 9.17) is 4.74 Å². The summed E-state index contributed by atoms with van der Waals surface area (Å²) in [5.41, 5.74) is 0.829. The van der Waals surface area contributed by atoms with Crippen molar-refractivity contribution in [2.45, 2.75) is 64.5 Å². The highest BCUT2D eigenvalue weighted by Crippen LogP contribution is 2.33. The first-order valence-corrected chi connectivity index (χ1v) is 12.6. The maximum atomic E-state index is 14.8. The Morgan fingerprint density at radius 3 is 2.45 bits per heavy atom. The van der Waals surface area contributed by atoms with Crippen LogP contribution in [0.15, 0.2) is 24.3 Å². The summed E-state index contributed by atoms with van der Waals surface area (Å²) in [4.78, 5) is 16.8. The topological polar surface area (TPSA) is 32.8 Å². The highest BCUT2D eigenvalue weighted by molar-refractivity contribution is 5.81. The van der Waals surface area contributed by atoms with Crippen LogP contribution in [0.2, 0.25) is 0 Å². The van der Waals surface area contributed by atoms with Gasteiger partial charge in [-0.2, -0.15) is 0 Å². The summed E-state index contributed by atoms with van der Waals surface area (Å²) in [6.45, 7) is 7.69. The lowest BCUT2D eigenvalue weighted by Gasteiger charge is -2.34. The van der Waals surface area contributed by atoms with Crippen molar-refractivity contribution in [2.75, 3.05) is 39.3 Å². The van der Waals surface area contributed by atoms with Crippen molar-refractivity contribution in [3.63, 3.8) is 0 Å². The molecule has 182 valence electrons. The molecule has 0 radical (unpaired) electrons. The van der Waals surface area contributed by atoms with Gasteiger partial charge in [-0.05, 0) is 101 Å². The van der Waals surface area contributed by atoms with Crippen molar-refractivity contribution in [1.82, 2.24) is 9.80 Å². The van der Waals surface area contributed by atoms with Crippen LogP contribution in [-0.4, -0.2) is 60.7 Å². The van der Waals surface area contributed by atoms with Gasteiger partial charge in [-0.3, -0.25) is 4.79 Å². The predicted octanol–water partition coefficient (Wildman–Crippen LogP) is 5.47. The third-order valence-electron chi connectivity index (χ3n) is 7.26. The Morgan fingerprint density at radius 2 is 1.85 bits per heavy atom. The van der Waals surface area contributed by atoms with Gasteiger partial charge in [0.1, 0.15) is 5.67 Å². The third kappa shape index (κ3) is 6.56. The molecule has 2 fully saturated rings. The van der Waals surface area contributed by atoms with Crippen molar-refractivity contribution in [3.8, 4) is 5.75 Å². The number of carbonyl (C=O) groups excluding carboxylic acids is 1. The molecule has 1 aromatic rings. The number of nitrogens with zero attached hydrogens (tertiary/aromatic N) is 2. The number of benzene rings is 1. The predicted molar refractivity (Wildman–Crippen MR) is 127 cm³/mol. The second-order valence-corrected chi connectivity index (χ2v) is 10.6. The molecule has 0 aromatic heterocycles. The average Bonchev–Trinajstić information content (AvgIpc) is 3.33. The van der Waals surface area contributed by atoms with E-state index >= 15 is 0 Å². The molecule has 2 heterocycles. The van der Waals surface area contributed by atoms with Crippen LogP contribution < -0.4 is 4.74 Å². The first kappa shape index (κ1) is 24.2. The maximum absolute atomic E-state index is 14.8. The average molecular weight is 461 g/mol. The van der Waals surface area contributed by atoms with Crippen molar-refractivity contribution >= 4 is 11.5 Å². The molecular formula is C27H38F2N2O2. The van der Waals surface area contributed by atoms with Crippen LogP contribution in [0.25, 0.3) is 5.57 Å². The smallest absolute Gasteiger partial charge is 0.226 e. The fraction of sp³-hybridized carbons (Fsp3) is 0.667. The minimum Gasteiger partial charge on any atom is -0.490 e. The normalized spacial score (nSPS) is 23.0. The van der Waals surface area contributed by atoms with Crippen molar-refractivity contribution < 1.29 is 18.3 Å². The van der Waals surface area contributed by atoms with E-state index in [0.29, 0.717) is 24.8 Å². The van der Waals surface area contributed by atoms with Gasteiger partial charge in [0.2, 0.25) is 5.91 Å². The number of amides is 1. The zero-order valence-corrected chi connectivity index (χ0v) is 20.1. The van der Waals surface area contributed by atoms with Crippen LogP contribution in [0.1, 0.15) is 64.4 Å². The third-order valence-corrected chi connectivity index (χ3v) is 7.26. The Bertz CT molecular complexity index is 850. The van der Waals surface area contributed by atoms with Gasteiger partial charge in [0, 0.05) is 25.6 Å². The molecule has 2 aliphatic heterocycles. The fourth-order valence-electron chi connectivity index (χ4n) is 5.38. The first-order chi connectivity index (χ1) is 15.8. The molecule has 3 aliphatic rings. The summed E-state index contributed by atoms with van der Waals surface area (Å²) in [5.74, 6) is 0.692. The molecule has 0 N–H and O–H groups in total. The highest BCUT2D eigenvalue weighted by Gasteiger charge is 2.28. The second-order valence-electron chi connectivity index (χ2n) is 10.6. The van der Waals surface area contributed by atoms with Gasteiger partial charge >= 0.3 is 0 Å². The molecular weight excluding hydrogens is 422 g/mol. The summed E-state index contributed by atoms with van der Waals surface area (Å²) < 4.78 is 34.4. The number of likely N-dealkylation sites (tertiary alicyclic amines) is 2. The van der Waals surface area contributed by atoms with E-state index in [1.165, 1.54) is 0 Å². The Balaban J connectivity index is 1.26. The van der Waals surface area contributed by atoms with Gasteiger partial charge in [0.25, 0.3) is 0 Å². The zero-order chi connectivity index (χ0) is 23.4. The molecule has 0 spiro atoms. The Labute approximate surface area is 197 Å². The van der Waals surface area contributed by atoms with Crippen molar-refractivity contribution in [3.05, 3.63) is 35.7 Å². The molecule has 4 rings (SSSR count). The van der Waals surface area contributed by atoms with E-state index in [0.717, 1.165) is 82.3 Å². The van der Waals surface area contributed by atoms with Gasteiger partial charge in [0.05, 0.1) is 6.61 Å². The SMILES string of the molecule is CC(C)(F)CN1CCC(COc2ccc(C3=CCC(C(=O)N4CCCC4)CC3)cc2F)CC1. The number of alkyl halides is 1. The van der Waals surface area contributed by atoms with Gasteiger partial charge in [-0.1, -0.05) is 12.1 Å². The molecule has 1 atom stereocenters. The van der Waals surface area contributed by atoms with Crippen LogP contribution in [0.4, 0.5) is 8.78 Å². The number of ether oxygens (including phenoxy) is 1. The Hall–Kier alpha value is -1.95. The summed E-state index contributed by atoms with van der Waals surface area (Å²) >= 11 is 0. The molecule has 1 aromatic carbocycles. The standard InChI is InChI=1S/C27H38F2N2O2/c1-27(2,29)19-30-15-11-20(12-16-30)18-33-25-10-9-23(17-24(25)28)21-5-7-22(8-6-21)26(32)31-13-3-4-14-31/h5,9-10,17,20,22H,3-4,6-8,11-16,18-19H2,1-2H3. The van der Waals surface area contributed by atoms with Crippen LogP contribution in [0.3, 0.4) is 0 Å². The maximum Gasteiger partial charge on any atom is 0.226 e. The van der Waals surface area contributed by atoms with E-state index in [1.54, 1.807) is 26.0 Å². The Kier molecular flexibility index (Phi) is 7.72. The molecule has 2 saturated heterocycles. The molecule has 33 heavy (non-hydrogen) atoms. The van der Waals surface area contributed by atoms with Gasteiger partial charge in [0.15, 0.2) is 11.6 Å². The summed E-state index contributed by atoms with van der Waals surface area (Å²) in [7, 11) is 0. The molecule has 1 aliphatic carbocycles. The number of rotatable bonds is 7. The molecule has 6 heteroatoms. The summed E-state index contributed by atoms with van der Waals surface area (Å²) in [6.07, 6.45) is 8.61. The highest BCUT2D eigenvalue weighted by atomic mass is 19.1. The largest absolute Gasteiger partial charge is 0.490 e. The molecule has 4 nitrogen and oxygen atoms in total. The van der Waals surface area contributed by atoms with Crippen LogP contribution in [-0.2, 0) is 4.79 Å². The van der Waals surface area contributed by atoms with Gasteiger partial charge < -0.3 is 14.5 Å². The molecule has 1 amide bonds. The number of piperidine rings is 1. The number of hydrogen-bond donors (Lipinski definition) is 0. The van der Waals surface area contributed by atoms with E-state index in [2.05, 4.69) is 11.0 Å². The second kappa shape index (κ2) is 10.5. The van der Waals surface area contributed by atoms with E-state index < -0.39 is 5.67 Å². The van der Waals surface area contributed by atoms with Gasteiger partial charge in [-0.15, -0.1) is 0 Å². The minimum atomic E-state index is -1.17. The lowest BCUT2D eigenvalue weighted by Crippen LogP contribution is -2.41. The number of carbonyl (C=O) groups is 1. The van der Waals surface area contributed by atoms with Crippen LogP contribution in [0.5, 0.6) is 5.75 Å². The van der Waals surface area contributed by atoms with E-state index in [9.17, 15) is 13.6 Å². The van der Waals surface area contributed by atoms with E-state index in [-0.39, 0.29) is 17.6 Å². The molecule has 0 saturated carbocycles. The minimum absolute atomic E-state index is 0.0710. The van der Waals surface area contributed by atoms with Crippen LogP contribution >= 0.6 is 0 Å². The van der Waals surface area contributed by atoms with E-state index in [1.807, 2.05) is 11.0 Å². The summed E-state index contributed by atoms with van der Waals surface area (Å²) in [5, 5.41) is 0. The lowest BCUT2D eigenvalue weighted by atomic mass is 9.86. The first-order valence-electron chi connectivity index (χ1n) is 12.6. The molecule has 1 unspecified atom stereocenters. The van der Waals surface area contributed by atoms with Crippen LogP contribution in [0, 0.1) is 17.7 Å². The quantitative estimate of drug-likeness (QED) is 0.541. The Morgan fingerprint density at radius 1 is 1.12 bits per heavy atom. The fourth-order valence-corrected chi connectivity index (χ4v) is 5.38. The number of allylic oxidation sites excluding steroid dienone is 2. The number of halogens is 2. The van der Waals surface area contributed by atoms with Crippen molar-refractivity contribution in [2.24, 2.45) is 11.8 Å². The zero-order valence-electron chi connectivity index (χ0n) is 20.1. The van der Waals surface area contributed by atoms with Crippen molar-refractivity contribution in [1.29, 1.82) is 0 Å². The molecule has 0 bridgehead atoms. The monoisotopic (exact) mass is 460 g/mol. The lowest BCUT2D eigenvalue weighted by molar-refractivity contribution is -0.134. The number of hydrogen-bond acceptors (Lipinski definition) is 3.